The molecule has 0 N–H and O–H groups in total. The molecule has 4 rings (SSSR count). The summed E-state index contributed by atoms with van der Waals surface area (Å²) in [6, 6.07) is 9.43. The van der Waals surface area contributed by atoms with Gasteiger partial charge in [0.25, 0.3) is 10.9 Å². The first kappa shape index (κ1) is 20.4. The molecule has 3 aliphatic carbocycles. The number of alkyl halides is 3. The molecule has 1 aromatic rings. The summed E-state index contributed by atoms with van der Waals surface area (Å²) in [6.45, 7) is 3.86. The van der Waals surface area contributed by atoms with Crippen molar-refractivity contribution < 1.29 is 13.2 Å². The van der Waals surface area contributed by atoms with Crippen molar-refractivity contribution in [2.75, 3.05) is 0 Å². The molecule has 1 aromatic carbocycles. The summed E-state index contributed by atoms with van der Waals surface area (Å²) >= 11 is 0. The van der Waals surface area contributed by atoms with Crippen molar-refractivity contribution in [2.45, 2.75) is 12.6 Å². The number of hydrogen-bond acceptors (Lipinski definition) is 2. The van der Waals surface area contributed by atoms with E-state index in [0.717, 1.165) is 17.7 Å². The number of rotatable bonds is 2. The summed E-state index contributed by atoms with van der Waals surface area (Å²) in [5.41, 5.74) is -1.27. The van der Waals surface area contributed by atoms with Gasteiger partial charge in [0.15, 0.2) is 0 Å². The first-order valence-electron chi connectivity index (χ1n) is 9.25. The monoisotopic (exact) mass is 424 g/mol. The molecule has 4 nitrogen and oxygen atoms in total. The summed E-state index contributed by atoms with van der Waals surface area (Å²) < 4.78 is 50.3. The third kappa shape index (κ3) is 4.21. The van der Waals surface area contributed by atoms with Crippen LogP contribution in [0.15, 0.2) is 103 Å². The van der Waals surface area contributed by atoms with Crippen LogP contribution in [0.25, 0.3) is 0 Å². The molecule has 7 heteroatoms. The van der Waals surface area contributed by atoms with Gasteiger partial charge in [0, 0.05) is 18.2 Å². The highest BCUT2D eigenvalue weighted by Gasteiger charge is 2.32. The predicted octanol–water partition coefficient (Wildman–Crippen LogP) is 3.63. The molecular formula is C24H15F3O4+2. The summed E-state index contributed by atoms with van der Waals surface area (Å²) in [4.78, 5) is 24.9. The van der Waals surface area contributed by atoms with E-state index in [1.165, 1.54) is 36.4 Å². The van der Waals surface area contributed by atoms with Crippen molar-refractivity contribution in [1.82, 2.24) is 0 Å². The highest BCUT2D eigenvalue weighted by atomic mass is 19.4. The van der Waals surface area contributed by atoms with Crippen molar-refractivity contribution >= 4 is 0 Å². The molecule has 0 bridgehead atoms. The molecule has 0 aromatic heterocycles. The van der Waals surface area contributed by atoms with Gasteiger partial charge in [-0.1, -0.05) is 18.7 Å². The van der Waals surface area contributed by atoms with Crippen molar-refractivity contribution in [2.24, 2.45) is 0 Å². The lowest BCUT2D eigenvalue weighted by atomic mass is 10.1. The van der Waals surface area contributed by atoms with Crippen molar-refractivity contribution in [3.05, 3.63) is 141 Å². The summed E-state index contributed by atoms with van der Waals surface area (Å²) in [7, 11) is 0. The number of hydrogen-bond donors (Lipinski definition) is 0. The van der Waals surface area contributed by atoms with E-state index >= 15 is 0 Å². The molecule has 0 spiro atoms. The normalized spacial score (nSPS) is 15.6. The minimum atomic E-state index is -4.55. The lowest BCUT2D eigenvalue weighted by molar-refractivity contribution is -0.137. The van der Waals surface area contributed by atoms with E-state index in [-0.39, 0.29) is 21.8 Å². The van der Waals surface area contributed by atoms with E-state index in [1.807, 2.05) is 6.08 Å². The highest BCUT2D eigenvalue weighted by Crippen LogP contribution is 2.31. The quantitative estimate of drug-likeness (QED) is 0.466. The van der Waals surface area contributed by atoms with Crippen molar-refractivity contribution in [3.63, 3.8) is 0 Å². The molecule has 0 unspecified atom stereocenters. The molecule has 0 saturated carbocycles. The maximum Gasteiger partial charge on any atom is 0.416 e. The maximum atomic E-state index is 13.0. The molecule has 0 atom stereocenters. The topological polar surface area (TPSA) is 56.7 Å². The number of benzene rings is 1. The SMILES string of the molecule is C=C1C=C([O+]=c2c(=O)ccc3c(=[O+]c4cccc(C(F)(F)F)c4)c(=O)ccc2=3)C=CC1. The number of halogens is 3. The van der Waals surface area contributed by atoms with Crippen molar-refractivity contribution in [1.29, 1.82) is 0 Å². The van der Waals surface area contributed by atoms with E-state index in [0.29, 0.717) is 17.4 Å². The third-order valence-electron chi connectivity index (χ3n) is 4.64. The van der Waals surface area contributed by atoms with Crippen LogP contribution in [-0.4, -0.2) is 0 Å². The second-order valence-corrected chi connectivity index (χ2v) is 6.92. The largest absolute Gasteiger partial charge is 0.416 e. The Morgan fingerprint density at radius 2 is 1.52 bits per heavy atom. The van der Waals surface area contributed by atoms with Crippen LogP contribution in [0.2, 0.25) is 0 Å². The fourth-order valence-electron chi connectivity index (χ4n) is 3.19. The van der Waals surface area contributed by atoms with E-state index in [1.54, 1.807) is 12.2 Å². The minimum absolute atomic E-state index is 0.0167. The van der Waals surface area contributed by atoms with Crippen LogP contribution in [0.3, 0.4) is 0 Å². The van der Waals surface area contributed by atoms with Gasteiger partial charge >= 0.3 is 28.5 Å². The molecule has 0 fully saturated rings. The Morgan fingerprint density at radius 3 is 2.13 bits per heavy atom. The van der Waals surface area contributed by atoms with Crippen LogP contribution in [0.1, 0.15) is 12.0 Å². The van der Waals surface area contributed by atoms with E-state index in [9.17, 15) is 22.8 Å². The Kier molecular flexibility index (Phi) is 5.10. The summed E-state index contributed by atoms with van der Waals surface area (Å²) in [5, 5.41) is 0.554. The standard InChI is InChI=1S/C24H15F3O4/c1-14-4-2-6-16(12-14)30-22-18-8-11-21(29)23(19(18)9-10-20(22)28)31-17-7-3-5-15(13-17)24(25,26)27/h2-3,5-13H,1,4H2/q+2. The van der Waals surface area contributed by atoms with Gasteiger partial charge in [-0.15, -0.1) is 0 Å². The van der Waals surface area contributed by atoms with E-state index in [2.05, 4.69) is 6.58 Å². The lowest BCUT2D eigenvalue weighted by Gasteiger charge is -2.03. The first-order valence-corrected chi connectivity index (χ1v) is 9.25. The van der Waals surface area contributed by atoms with Crippen molar-refractivity contribution in [3.8, 4) is 5.75 Å². The van der Waals surface area contributed by atoms with Gasteiger partial charge in [-0.3, -0.25) is 9.59 Å². The smallest absolute Gasteiger partial charge is 0.279 e. The van der Waals surface area contributed by atoms with Gasteiger partial charge in [-0.2, -0.15) is 13.2 Å². The average molecular weight is 424 g/mol. The lowest BCUT2D eigenvalue weighted by Crippen LogP contribution is -2.32. The highest BCUT2D eigenvalue weighted by molar-refractivity contribution is 5.40. The molecule has 0 amide bonds. The van der Waals surface area contributed by atoms with Crippen LogP contribution >= 0.6 is 0 Å². The maximum absolute atomic E-state index is 13.0. The zero-order valence-corrected chi connectivity index (χ0v) is 16.0. The fourth-order valence-corrected chi connectivity index (χ4v) is 3.19. The molecule has 0 aliphatic heterocycles. The Labute approximate surface area is 172 Å². The molecule has 0 heterocycles. The van der Waals surface area contributed by atoms with Gasteiger partial charge in [0.1, 0.15) is 10.4 Å². The number of allylic oxidation sites excluding steroid dienone is 4. The van der Waals surface area contributed by atoms with Gasteiger partial charge in [0.2, 0.25) is 0 Å². The Hall–Kier alpha value is -3.87. The van der Waals surface area contributed by atoms with E-state index in [4.69, 9.17) is 8.85 Å². The second kappa shape index (κ2) is 7.75. The van der Waals surface area contributed by atoms with Gasteiger partial charge in [0.05, 0.1) is 11.6 Å². The fraction of sp³-hybridized carbons (Fsp3) is 0.0833. The molecule has 154 valence electrons. The van der Waals surface area contributed by atoms with Crippen LogP contribution in [0, 0.1) is 10.4 Å². The van der Waals surface area contributed by atoms with Gasteiger partial charge in [-0.05, 0) is 42.3 Å². The summed E-state index contributed by atoms with van der Waals surface area (Å²) in [6.07, 6.45) is 1.35. The average Bonchev–Trinajstić information content (AvgIpc) is 2.72. The molecule has 0 radical (unpaired) electrons. The third-order valence-corrected chi connectivity index (χ3v) is 4.64. The second-order valence-electron chi connectivity index (χ2n) is 6.92. The molecular weight excluding hydrogens is 409 g/mol. The van der Waals surface area contributed by atoms with Gasteiger partial charge in [-0.25, -0.2) is 8.85 Å². The molecule has 0 saturated heterocycles. The van der Waals surface area contributed by atoms with Crippen LogP contribution in [0.4, 0.5) is 13.2 Å². The molecule has 31 heavy (non-hydrogen) atoms. The van der Waals surface area contributed by atoms with E-state index < -0.39 is 22.6 Å². The first-order chi connectivity index (χ1) is 14.7. The van der Waals surface area contributed by atoms with Crippen LogP contribution < -0.4 is 21.7 Å². The Bertz CT molecular complexity index is 1550. The van der Waals surface area contributed by atoms with Crippen LogP contribution in [-0.2, 0) is 6.18 Å². The van der Waals surface area contributed by atoms with Gasteiger partial charge < -0.3 is 0 Å². The summed E-state index contributed by atoms with van der Waals surface area (Å²) in [5.74, 6) is 0.259. The molecule has 3 aliphatic rings. The zero-order valence-electron chi connectivity index (χ0n) is 16.0. The van der Waals surface area contributed by atoms with Crippen LogP contribution in [0.5, 0.6) is 5.75 Å². The Balaban J connectivity index is 2.03. The Morgan fingerprint density at radius 1 is 0.871 bits per heavy atom. The predicted molar refractivity (Wildman–Crippen MR) is 111 cm³/mol. The minimum Gasteiger partial charge on any atom is -0.279 e. The zero-order chi connectivity index (χ0) is 22.2.